The summed E-state index contributed by atoms with van der Waals surface area (Å²) in [7, 11) is 0. The molecule has 0 rings (SSSR count). The molecule has 2 N–H and O–H groups in total. The average Bonchev–Trinajstić information content (AvgIpc) is 2.07. The molecule has 0 radical (unpaired) electrons. The lowest BCUT2D eigenvalue weighted by Crippen LogP contribution is -2.11. The predicted molar refractivity (Wildman–Crippen MR) is 54.9 cm³/mol. The zero-order valence-corrected chi connectivity index (χ0v) is 8.60. The molecule has 66 valence electrons. The van der Waals surface area contributed by atoms with Crippen LogP contribution in [0, 0.1) is 0 Å². The smallest absolute Gasteiger partial charge is 0.108 e. The van der Waals surface area contributed by atoms with E-state index in [1.807, 2.05) is 33.8 Å². The number of hydrogen-bond donors (Lipinski definition) is 2. The third kappa shape index (κ3) is 7.33. The minimum absolute atomic E-state index is 0.636. The molecule has 0 unspecified atom stereocenters. The fourth-order valence-electron chi connectivity index (χ4n) is 0.360. The van der Waals surface area contributed by atoms with E-state index in [0.717, 1.165) is 0 Å². The molecule has 0 aliphatic carbocycles. The SMILES string of the molecule is C/C=C\N(S)/C(N)=C\C.CC. The second-order valence-electron chi connectivity index (χ2n) is 1.54. The molecule has 0 aromatic carbocycles. The highest BCUT2D eigenvalue weighted by Gasteiger charge is 1.90. The fourth-order valence-corrected chi connectivity index (χ4v) is 0.608. The first kappa shape index (κ1) is 13.1. The Morgan fingerprint density at radius 3 is 2.09 bits per heavy atom. The number of nitrogens with two attached hydrogens (primary N) is 1. The van der Waals surface area contributed by atoms with Crippen molar-refractivity contribution in [2.24, 2.45) is 5.73 Å². The summed E-state index contributed by atoms with van der Waals surface area (Å²) < 4.78 is 1.56. The first-order valence-corrected chi connectivity index (χ1v) is 4.15. The molecule has 0 saturated carbocycles. The molecule has 0 fully saturated rings. The van der Waals surface area contributed by atoms with Crippen molar-refractivity contribution in [3.05, 3.63) is 24.2 Å². The monoisotopic (exact) mass is 174 g/mol. The van der Waals surface area contributed by atoms with Gasteiger partial charge in [-0.25, -0.2) is 0 Å². The number of nitrogens with zero attached hydrogens (tertiary/aromatic N) is 1. The van der Waals surface area contributed by atoms with Crippen LogP contribution in [0.5, 0.6) is 0 Å². The summed E-state index contributed by atoms with van der Waals surface area (Å²) in [6.07, 6.45) is 5.43. The van der Waals surface area contributed by atoms with Crippen LogP contribution in [0.25, 0.3) is 0 Å². The van der Waals surface area contributed by atoms with Crippen molar-refractivity contribution in [2.75, 3.05) is 0 Å². The molecule has 11 heavy (non-hydrogen) atoms. The van der Waals surface area contributed by atoms with Crippen molar-refractivity contribution in [2.45, 2.75) is 27.7 Å². The summed E-state index contributed by atoms with van der Waals surface area (Å²) in [5.74, 6) is 0.636. The highest BCUT2D eigenvalue weighted by Crippen LogP contribution is 2.00. The topological polar surface area (TPSA) is 29.3 Å². The lowest BCUT2D eigenvalue weighted by molar-refractivity contribution is 0.760. The lowest BCUT2D eigenvalue weighted by Gasteiger charge is -2.10. The minimum atomic E-state index is 0.636. The van der Waals surface area contributed by atoms with E-state index in [9.17, 15) is 0 Å². The van der Waals surface area contributed by atoms with Gasteiger partial charge in [-0.2, -0.15) is 0 Å². The first-order chi connectivity index (χ1) is 5.22. The second-order valence-corrected chi connectivity index (χ2v) is 1.97. The third-order valence-corrected chi connectivity index (χ3v) is 1.21. The van der Waals surface area contributed by atoms with Gasteiger partial charge in [0.2, 0.25) is 0 Å². The summed E-state index contributed by atoms with van der Waals surface area (Å²) in [6.45, 7) is 7.77. The van der Waals surface area contributed by atoms with Crippen LogP contribution in [0.3, 0.4) is 0 Å². The summed E-state index contributed by atoms with van der Waals surface area (Å²) >= 11 is 4.04. The lowest BCUT2D eigenvalue weighted by atomic mass is 10.6. The summed E-state index contributed by atoms with van der Waals surface area (Å²) in [4.78, 5) is 0. The molecule has 0 heterocycles. The first-order valence-electron chi connectivity index (χ1n) is 3.75. The average molecular weight is 174 g/mol. The van der Waals surface area contributed by atoms with Gasteiger partial charge in [-0.3, -0.25) is 4.31 Å². The normalized spacial score (nSPS) is 10.8. The van der Waals surface area contributed by atoms with Crippen LogP contribution < -0.4 is 5.73 Å². The van der Waals surface area contributed by atoms with Crippen LogP contribution in [-0.2, 0) is 0 Å². The van der Waals surface area contributed by atoms with E-state index in [4.69, 9.17) is 5.73 Å². The van der Waals surface area contributed by atoms with Crippen molar-refractivity contribution in [1.29, 1.82) is 0 Å². The maximum Gasteiger partial charge on any atom is 0.108 e. The van der Waals surface area contributed by atoms with Crippen molar-refractivity contribution >= 4 is 12.8 Å². The second kappa shape index (κ2) is 9.43. The van der Waals surface area contributed by atoms with E-state index in [2.05, 4.69) is 12.8 Å². The molecule has 0 saturated heterocycles. The Labute approximate surface area is 75.3 Å². The molecular weight excluding hydrogens is 156 g/mol. The molecule has 2 nitrogen and oxygen atoms in total. The van der Waals surface area contributed by atoms with Crippen LogP contribution in [0.1, 0.15) is 27.7 Å². The molecule has 0 atom stereocenters. The van der Waals surface area contributed by atoms with Crippen molar-refractivity contribution < 1.29 is 0 Å². The molecule has 0 amide bonds. The summed E-state index contributed by atoms with van der Waals surface area (Å²) in [6, 6.07) is 0. The Kier molecular flexibility index (Phi) is 11.2. The fraction of sp³-hybridized carbons (Fsp3) is 0.500. The van der Waals surface area contributed by atoms with Gasteiger partial charge in [0, 0.05) is 6.20 Å². The van der Waals surface area contributed by atoms with Crippen LogP contribution in [0.4, 0.5) is 0 Å². The molecule has 0 aromatic rings. The number of hydrogen-bond acceptors (Lipinski definition) is 3. The molecule has 0 spiro atoms. The highest BCUT2D eigenvalue weighted by atomic mass is 32.1. The number of allylic oxidation sites excluding steroid dienone is 2. The maximum atomic E-state index is 5.46. The molecule has 0 aliphatic rings. The van der Waals surface area contributed by atoms with Gasteiger partial charge in [-0.1, -0.05) is 32.7 Å². The van der Waals surface area contributed by atoms with Gasteiger partial charge in [0.1, 0.15) is 5.82 Å². The highest BCUT2D eigenvalue weighted by molar-refractivity contribution is 7.78. The Morgan fingerprint density at radius 2 is 1.82 bits per heavy atom. The molecule has 0 aromatic heterocycles. The number of rotatable bonds is 2. The molecule has 0 bridgehead atoms. The van der Waals surface area contributed by atoms with E-state index in [-0.39, 0.29) is 0 Å². The molecular formula is C8H18N2S. The quantitative estimate of drug-likeness (QED) is 0.630. The zero-order chi connectivity index (χ0) is 9.28. The minimum Gasteiger partial charge on any atom is -0.385 e. The van der Waals surface area contributed by atoms with Crippen molar-refractivity contribution in [1.82, 2.24) is 4.31 Å². The van der Waals surface area contributed by atoms with Gasteiger partial charge in [0.25, 0.3) is 0 Å². The van der Waals surface area contributed by atoms with E-state index in [1.165, 1.54) is 0 Å². The third-order valence-electron chi connectivity index (χ3n) is 0.851. The van der Waals surface area contributed by atoms with Gasteiger partial charge >= 0.3 is 0 Å². The molecule has 3 heteroatoms. The van der Waals surface area contributed by atoms with E-state index in [1.54, 1.807) is 16.6 Å². The van der Waals surface area contributed by atoms with Gasteiger partial charge in [0.05, 0.1) is 0 Å². The summed E-state index contributed by atoms with van der Waals surface area (Å²) in [5, 5.41) is 0. The van der Waals surface area contributed by atoms with Gasteiger partial charge in [0.15, 0.2) is 0 Å². The maximum absolute atomic E-state index is 5.46. The van der Waals surface area contributed by atoms with Crippen LogP contribution >= 0.6 is 12.8 Å². The Balaban J connectivity index is 0. The Bertz CT molecular complexity index is 130. The van der Waals surface area contributed by atoms with Gasteiger partial charge in [-0.05, 0) is 19.9 Å². The van der Waals surface area contributed by atoms with E-state index in [0.29, 0.717) is 5.82 Å². The largest absolute Gasteiger partial charge is 0.385 e. The van der Waals surface area contributed by atoms with Crippen molar-refractivity contribution in [3.8, 4) is 0 Å². The Hall–Kier alpha value is -0.570. The number of thiol groups is 1. The van der Waals surface area contributed by atoms with Gasteiger partial charge < -0.3 is 5.73 Å². The van der Waals surface area contributed by atoms with Crippen LogP contribution in [-0.4, -0.2) is 4.31 Å². The molecule has 0 aliphatic heterocycles. The predicted octanol–water partition coefficient (Wildman–Crippen LogP) is 2.51. The van der Waals surface area contributed by atoms with Gasteiger partial charge in [-0.15, -0.1) is 0 Å². The van der Waals surface area contributed by atoms with Crippen LogP contribution in [0.15, 0.2) is 24.2 Å². The van der Waals surface area contributed by atoms with Crippen LogP contribution in [0.2, 0.25) is 0 Å². The van der Waals surface area contributed by atoms with Crippen molar-refractivity contribution in [3.63, 3.8) is 0 Å². The standard InChI is InChI=1S/C6H12N2S.C2H6/c1-3-5-8(9)6(7)4-2;1-2/h3-5,9H,7H2,1-2H3;1-2H3/b5-3-,6-4-;. The Morgan fingerprint density at radius 1 is 1.36 bits per heavy atom. The summed E-state index contributed by atoms with van der Waals surface area (Å²) in [5.41, 5.74) is 5.46. The van der Waals surface area contributed by atoms with E-state index < -0.39 is 0 Å². The van der Waals surface area contributed by atoms with E-state index >= 15 is 0 Å². The zero-order valence-electron chi connectivity index (χ0n) is 7.70.